The molecule has 0 aromatic carbocycles. The predicted octanol–water partition coefficient (Wildman–Crippen LogP) is 1.09. The van der Waals surface area contributed by atoms with E-state index >= 15 is 0 Å². The van der Waals surface area contributed by atoms with E-state index in [0.717, 1.165) is 52.0 Å². The van der Waals surface area contributed by atoms with Crippen LogP contribution in [0.3, 0.4) is 0 Å². The van der Waals surface area contributed by atoms with Crippen LogP contribution in [-0.4, -0.2) is 57.2 Å². The molecular formula is C12H23NO3. The molecule has 94 valence electrons. The third-order valence-corrected chi connectivity index (χ3v) is 3.19. The molecule has 0 radical (unpaired) electrons. The number of methoxy groups -OCH3 is 2. The molecule has 0 heterocycles. The highest BCUT2D eigenvalue weighted by Crippen LogP contribution is 2.20. The summed E-state index contributed by atoms with van der Waals surface area (Å²) < 4.78 is 10.2. The van der Waals surface area contributed by atoms with Crippen LogP contribution in [0.5, 0.6) is 0 Å². The van der Waals surface area contributed by atoms with Crippen molar-refractivity contribution in [2.45, 2.75) is 31.7 Å². The molecule has 1 saturated carbocycles. The standard InChI is InChI=1S/C12H23NO3/c1-15-9-7-13(8-10-16-2)11-3-5-12(14)6-4-11/h11H,3-10H2,1-2H3. The zero-order valence-corrected chi connectivity index (χ0v) is 10.4. The lowest BCUT2D eigenvalue weighted by Gasteiger charge is -2.33. The molecule has 0 aromatic heterocycles. The van der Waals surface area contributed by atoms with Gasteiger partial charge in [-0.1, -0.05) is 0 Å². The first-order chi connectivity index (χ1) is 7.77. The molecule has 0 bridgehead atoms. The quantitative estimate of drug-likeness (QED) is 0.655. The first kappa shape index (κ1) is 13.6. The summed E-state index contributed by atoms with van der Waals surface area (Å²) in [7, 11) is 3.44. The zero-order chi connectivity index (χ0) is 11.8. The molecular weight excluding hydrogens is 206 g/mol. The van der Waals surface area contributed by atoms with E-state index in [1.807, 2.05) is 0 Å². The Hall–Kier alpha value is -0.450. The Bertz CT molecular complexity index is 190. The Morgan fingerprint density at radius 3 is 2.06 bits per heavy atom. The maximum atomic E-state index is 11.2. The molecule has 0 N–H and O–H groups in total. The van der Waals surface area contributed by atoms with Crippen molar-refractivity contribution in [3.05, 3.63) is 0 Å². The Morgan fingerprint density at radius 1 is 1.12 bits per heavy atom. The van der Waals surface area contributed by atoms with Crippen LogP contribution in [0.4, 0.5) is 0 Å². The number of carbonyl (C=O) groups excluding carboxylic acids is 1. The third-order valence-electron chi connectivity index (χ3n) is 3.19. The van der Waals surface area contributed by atoms with Gasteiger partial charge in [-0.3, -0.25) is 9.69 Å². The fraction of sp³-hybridized carbons (Fsp3) is 0.917. The highest BCUT2D eigenvalue weighted by molar-refractivity contribution is 5.79. The molecule has 16 heavy (non-hydrogen) atoms. The second-order valence-corrected chi connectivity index (χ2v) is 4.29. The maximum absolute atomic E-state index is 11.2. The molecule has 0 amide bonds. The SMILES string of the molecule is COCCN(CCOC)C1CCC(=O)CC1. The number of hydrogen-bond donors (Lipinski definition) is 0. The van der Waals surface area contributed by atoms with E-state index in [1.54, 1.807) is 14.2 Å². The first-order valence-corrected chi connectivity index (χ1v) is 6.01. The van der Waals surface area contributed by atoms with Gasteiger partial charge in [-0.15, -0.1) is 0 Å². The highest BCUT2D eigenvalue weighted by atomic mass is 16.5. The van der Waals surface area contributed by atoms with Gasteiger partial charge in [-0.2, -0.15) is 0 Å². The monoisotopic (exact) mass is 229 g/mol. The molecule has 4 heteroatoms. The molecule has 0 aliphatic heterocycles. The van der Waals surface area contributed by atoms with Crippen LogP contribution in [0.1, 0.15) is 25.7 Å². The number of nitrogens with zero attached hydrogens (tertiary/aromatic N) is 1. The van der Waals surface area contributed by atoms with Gasteiger partial charge < -0.3 is 9.47 Å². The summed E-state index contributed by atoms with van der Waals surface area (Å²) in [6.07, 6.45) is 3.46. The summed E-state index contributed by atoms with van der Waals surface area (Å²) in [6, 6.07) is 0.531. The van der Waals surface area contributed by atoms with E-state index in [1.165, 1.54) is 0 Å². The molecule has 1 aliphatic rings. The van der Waals surface area contributed by atoms with Crippen molar-refractivity contribution in [3.8, 4) is 0 Å². The lowest BCUT2D eigenvalue weighted by Crippen LogP contribution is -2.42. The van der Waals surface area contributed by atoms with Gasteiger partial charge in [-0.25, -0.2) is 0 Å². The molecule has 0 unspecified atom stereocenters. The lowest BCUT2D eigenvalue weighted by molar-refractivity contribution is -0.121. The summed E-state index contributed by atoms with van der Waals surface area (Å²) in [5, 5.41) is 0. The molecule has 0 spiro atoms. The Kier molecular flexibility index (Phi) is 6.61. The van der Waals surface area contributed by atoms with Gasteiger partial charge in [-0.05, 0) is 12.8 Å². The van der Waals surface area contributed by atoms with Crippen molar-refractivity contribution in [3.63, 3.8) is 0 Å². The number of ketones is 1. The van der Waals surface area contributed by atoms with Crippen LogP contribution in [0.15, 0.2) is 0 Å². The number of carbonyl (C=O) groups is 1. The summed E-state index contributed by atoms with van der Waals surface area (Å²) >= 11 is 0. The van der Waals surface area contributed by atoms with Gasteiger partial charge in [0, 0.05) is 46.2 Å². The van der Waals surface area contributed by atoms with Crippen molar-refractivity contribution in [2.24, 2.45) is 0 Å². The Balaban J connectivity index is 2.37. The third kappa shape index (κ3) is 4.60. The molecule has 0 saturated heterocycles. The van der Waals surface area contributed by atoms with Crippen LogP contribution in [0.2, 0.25) is 0 Å². The van der Waals surface area contributed by atoms with E-state index in [4.69, 9.17) is 9.47 Å². The van der Waals surface area contributed by atoms with Crippen LogP contribution in [0, 0.1) is 0 Å². The maximum Gasteiger partial charge on any atom is 0.133 e. The number of hydrogen-bond acceptors (Lipinski definition) is 4. The number of Topliss-reactive ketones (excluding diaryl/α,β-unsaturated/α-hetero) is 1. The normalized spacial score (nSPS) is 18.3. The van der Waals surface area contributed by atoms with Gasteiger partial charge in [0.05, 0.1) is 13.2 Å². The van der Waals surface area contributed by atoms with Gasteiger partial charge in [0.25, 0.3) is 0 Å². The minimum Gasteiger partial charge on any atom is -0.383 e. The summed E-state index contributed by atoms with van der Waals surface area (Å²) in [4.78, 5) is 13.6. The van der Waals surface area contributed by atoms with Crippen molar-refractivity contribution in [2.75, 3.05) is 40.5 Å². The smallest absolute Gasteiger partial charge is 0.133 e. The van der Waals surface area contributed by atoms with Crippen molar-refractivity contribution in [1.29, 1.82) is 0 Å². The van der Waals surface area contributed by atoms with Gasteiger partial charge in [0.1, 0.15) is 5.78 Å². The predicted molar refractivity (Wildman–Crippen MR) is 62.6 cm³/mol. The number of rotatable bonds is 7. The zero-order valence-electron chi connectivity index (χ0n) is 10.4. The van der Waals surface area contributed by atoms with Gasteiger partial charge >= 0.3 is 0 Å². The fourth-order valence-corrected chi connectivity index (χ4v) is 2.18. The van der Waals surface area contributed by atoms with E-state index in [0.29, 0.717) is 11.8 Å². The number of ether oxygens (including phenoxy) is 2. The minimum atomic E-state index is 0.412. The molecule has 0 atom stereocenters. The Morgan fingerprint density at radius 2 is 1.62 bits per heavy atom. The second-order valence-electron chi connectivity index (χ2n) is 4.29. The van der Waals surface area contributed by atoms with Crippen molar-refractivity contribution < 1.29 is 14.3 Å². The van der Waals surface area contributed by atoms with Crippen LogP contribution >= 0.6 is 0 Å². The average Bonchev–Trinajstić information content (AvgIpc) is 2.31. The second kappa shape index (κ2) is 7.76. The minimum absolute atomic E-state index is 0.412. The van der Waals surface area contributed by atoms with Crippen LogP contribution in [0.25, 0.3) is 0 Å². The van der Waals surface area contributed by atoms with Gasteiger partial charge in [0.2, 0.25) is 0 Å². The van der Waals surface area contributed by atoms with E-state index in [-0.39, 0.29) is 0 Å². The van der Waals surface area contributed by atoms with E-state index in [9.17, 15) is 4.79 Å². The average molecular weight is 229 g/mol. The molecule has 1 aliphatic carbocycles. The summed E-state index contributed by atoms with van der Waals surface area (Å²) in [6.45, 7) is 3.35. The molecule has 4 nitrogen and oxygen atoms in total. The van der Waals surface area contributed by atoms with Crippen molar-refractivity contribution in [1.82, 2.24) is 4.90 Å². The van der Waals surface area contributed by atoms with Gasteiger partial charge in [0.15, 0.2) is 0 Å². The van der Waals surface area contributed by atoms with E-state index in [2.05, 4.69) is 4.90 Å². The summed E-state index contributed by atoms with van der Waals surface area (Å²) in [5.41, 5.74) is 0. The molecule has 0 aromatic rings. The Labute approximate surface area is 97.9 Å². The largest absolute Gasteiger partial charge is 0.383 e. The lowest BCUT2D eigenvalue weighted by atomic mass is 9.93. The summed E-state index contributed by atoms with van der Waals surface area (Å²) in [5.74, 6) is 0.412. The fourth-order valence-electron chi connectivity index (χ4n) is 2.18. The molecule has 1 fully saturated rings. The molecule has 1 rings (SSSR count). The van der Waals surface area contributed by atoms with E-state index < -0.39 is 0 Å². The van der Waals surface area contributed by atoms with Crippen LogP contribution < -0.4 is 0 Å². The first-order valence-electron chi connectivity index (χ1n) is 6.01. The topological polar surface area (TPSA) is 38.8 Å². The van der Waals surface area contributed by atoms with Crippen LogP contribution in [-0.2, 0) is 14.3 Å². The highest BCUT2D eigenvalue weighted by Gasteiger charge is 2.23. The van der Waals surface area contributed by atoms with Crippen molar-refractivity contribution >= 4 is 5.78 Å².